The minimum atomic E-state index is -0.319. The normalized spacial score (nSPS) is 10.8. The summed E-state index contributed by atoms with van der Waals surface area (Å²) < 4.78 is 11.2. The zero-order valence-corrected chi connectivity index (χ0v) is 17.8. The van der Waals surface area contributed by atoms with Crippen LogP contribution in [0, 0.1) is 0 Å². The Hall–Kier alpha value is -3.02. The number of amides is 1. The molecular weight excluding hydrogens is 423 g/mol. The molecule has 0 bridgehead atoms. The average molecular weight is 443 g/mol. The van der Waals surface area contributed by atoms with Gasteiger partial charge in [0.1, 0.15) is 18.1 Å². The fourth-order valence-corrected chi connectivity index (χ4v) is 3.07. The van der Waals surface area contributed by atoms with Crippen molar-refractivity contribution in [2.24, 2.45) is 5.10 Å². The van der Waals surface area contributed by atoms with Gasteiger partial charge >= 0.3 is 0 Å². The van der Waals surface area contributed by atoms with Crippen molar-refractivity contribution in [2.75, 3.05) is 6.61 Å². The maximum atomic E-state index is 12.2. The van der Waals surface area contributed by atoms with Gasteiger partial charge in [-0.3, -0.25) is 4.79 Å². The first-order valence-corrected chi connectivity index (χ1v) is 10.0. The van der Waals surface area contributed by atoms with Gasteiger partial charge in [-0.25, -0.2) is 5.43 Å². The second kappa shape index (κ2) is 10.7. The highest BCUT2D eigenvalue weighted by Gasteiger charge is 2.07. The number of ether oxygens (including phenoxy) is 2. The molecule has 0 fully saturated rings. The van der Waals surface area contributed by atoms with E-state index < -0.39 is 0 Å². The fourth-order valence-electron chi connectivity index (χ4n) is 2.61. The number of hydrazone groups is 1. The monoisotopic (exact) mass is 442 g/mol. The van der Waals surface area contributed by atoms with E-state index in [9.17, 15) is 4.79 Å². The number of nitrogens with one attached hydrogen (secondary N) is 1. The van der Waals surface area contributed by atoms with Crippen molar-refractivity contribution in [1.82, 2.24) is 5.43 Å². The lowest BCUT2D eigenvalue weighted by molar-refractivity contribution is 0.0955. The van der Waals surface area contributed by atoms with Crippen molar-refractivity contribution in [3.05, 3.63) is 93.5 Å². The van der Waals surface area contributed by atoms with E-state index in [2.05, 4.69) is 10.5 Å². The molecule has 154 valence electrons. The zero-order valence-electron chi connectivity index (χ0n) is 16.3. The molecule has 1 N–H and O–H groups in total. The van der Waals surface area contributed by atoms with E-state index in [1.54, 1.807) is 36.4 Å². The largest absolute Gasteiger partial charge is 0.494 e. The lowest BCUT2D eigenvalue weighted by Gasteiger charge is -2.10. The molecule has 0 radical (unpaired) electrons. The minimum absolute atomic E-state index is 0.277. The molecule has 0 spiro atoms. The van der Waals surface area contributed by atoms with Gasteiger partial charge in [0.05, 0.1) is 12.8 Å². The molecule has 0 saturated carbocycles. The highest BCUT2D eigenvalue weighted by molar-refractivity contribution is 6.35. The van der Waals surface area contributed by atoms with Crippen LogP contribution in [0.25, 0.3) is 0 Å². The first kappa shape index (κ1) is 21.7. The molecule has 0 heterocycles. The molecule has 0 aliphatic rings. The van der Waals surface area contributed by atoms with Crippen LogP contribution in [0.4, 0.5) is 0 Å². The van der Waals surface area contributed by atoms with Gasteiger partial charge < -0.3 is 9.47 Å². The summed E-state index contributed by atoms with van der Waals surface area (Å²) in [4.78, 5) is 12.2. The zero-order chi connectivity index (χ0) is 21.3. The van der Waals surface area contributed by atoms with E-state index in [4.69, 9.17) is 32.7 Å². The molecule has 3 aromatic carbocycles. The minimum Gasteiger partial charge on any atom is -0.494 e. The van der Waals surface area contributed by atoms with E-state index in [0.29, 0.717) is 33.7 Å². The Morgan fingerprint density at radius 2 is 1.80 bits per heavy atom. The topological polar surface area (TPSA) is 59.9 Å². The summed E-state index contributed by atoms with van der Waals surface area (Å²) in [7, 11) is 0. The summed E-state index contributed by atoms with van der Waals surface area (Å²) in [6.07, 6.45) is 1.53. The average Bonchev–Trinajstić information content (AvgIpc) is 2.74. The summed E-state index contributed by atoms with van der Waals surface area (Å²) in [5.74, 6) is 1.01. The molecular formula is C23H20Cl2N2O3. The van der Waals surface area contributed by atoms with Crippen LogP contribution in [0.2, 0.25) is 10.0 Å². The fraction of sp³-hybridized carbons (Fsp3) is 0.130. The Morgan fingerprint density at radius 3 is 2.53 bits per heavy atom. The van der Waals surface area contributed by atoms with Crippen LogP contribution in [0.15, 0.2) is 71.8 Å². The van der Waals surface area contributed by atoms with Crippen LogP contribution in [0.5, 0.6) is 11.5 Å². The maximum Gasteiger partial charge on any atom is 0.271 e. The van der Waals surface area contributed by atoms with Crippen molar-refractivity contribution < 1.29 is 14.3 Å². The van der Waals surface area contributed by atoms with Gasteiger partial charge in [-0.2, -0.15) is 5.10 Å². The summed E-state index contributed by atoms with van der Waals surface area (Å²) in [6, 6.07) is 19.5. The Labute approximate surface area is 185 Å². The van der Waals surface area contributed by atoms with Crippen molar-refractivity contribution in [2.45, 2.75) is 13.5 Å². The Morgan fingerprint density at radius 1 is 1.03 bits per heavy atom. The first-order chi connectivity index (χ1) is 14.6. The number of carbonyl (C=O) groups is 1. The number of hydrogen-bond acceptors (Lipinski definition) is 4. The highest BCUT2D eigenvalue weighted by atomic mass is 35.5. The number of benzene rings is 3. The molecule has 30 heavy (non-hydrogen) atoms. The van der Waals surface area contributed by atoms with Gasteiger partial charge in [-0.15, -0.1) is 0 Å². The van der Waals surface area contributed by atoms with Gasteiger partial charge in [-0.1, -0.05) is 41.4 Å². The molecule has 3 aromatic rings. The first-order valence-electron chi connectivity index (χ1n) is 9.29. The Bertz CT molecular complexity index is 1040. The third kappa shape index (κ3) is 5.99. The molecule has 0 saturated heterocycles. The standard InChI is InChI=1S/C23H20Cl2N2O3/c1-2-29-20-11-8-16(9-12-20)23(28)27-26-14-17-5-3-4-6-22(17)30-15-18-7-10-19(24)13-21(18)25/h3-14H,2,15H2,1H3,(H,27,28)/b26-14-. The predicted molar refractivity (Wildman–Crippen MR) is 120 cm³/mol. The SMILES string of the molecule is CCOc1ccc(C(=O)N/N=C\c2ccccc2OCc2ccc(Cl)cc2Cl)cc1. The highest BCUT2D eigenvalue weighted by Crippen LogP contribution is 2.24. The number of nitrogens with zero attached hydrogens (tertiary/aromatic N) is 1. The molecule has 0 atom stereocenters. The van der Waals surface area contributed by atoms with Gasteiger partial charge in [0.15, 0.2) is 0 Å². The number of rotatable bonds is 8. The van der Waals surface area contributed by atoms with E-state index >= 15 is 0 Å². The van der Waals surface area contributed by atoms with E-state index in [1.807, 2.05) is 37.3 Å². The predicted octanol–water partition coefficient (Wildman–Crippen LogP) is 5.74. The lowest BCUT2D eigenvalue weighted by Crippen LogP contribution is -2.17. The quantitative estimate of drug-likeness (QED) is 0.357. The Balaban J connectivity index is 1.62. The van der Waals surface area contributed by atoms with Crippen LogP contribution in [-0.4, -0.2) is 18.7 Å². The number of halogens is 2. The second-order valence-electron chi connectivity index (χ2n) is 6.22. The molecule has 7 heteroatoms. The summed E-state index contributed by atoms with van der Waals surface area (Å²) in [5.41, 5.74) is 4.53. The molecule has 0 aliphatic carbocycles. The van der Waals surface area contributed by atoms with Crippen molar-refractivity contribution in [3.8, 4) is 11.5 Å². The third-order valence-corrected chi connectivity index (χ3v) is 4.70. The third-order valence-electron chi connectivity index (χ3n) is 4.11. The van der Waals surface area contributed by atoms with Gasteiger partial charge in [0.2, 0.25) is 0 Å². The van der Waals surface area contributed by atoms with E-state index in [0.717, 1.165) is 11.1 Å². The van der Waals surface area contributed by atoms with E-state index in [1.165, 1.54) is 6.21 Å². The Kier molecular flexibility index (Phi) is 7.71. The van der Waals surface area contributed by atoms with Crippen molar-refractivity contribution in [1.29, 1.82) is 0 Å². The molecule has 0 unspecified atom stereocenters. The van der Waals surface area contributed by atoms with E-state index in [-0.39, 0.29) is 12.5 Å². The second-order valence-corrected chi connectivity index (χ2v) is 7.06. The molecule has 1 amide bonds. The van der Waals surface area contributed by atoms with Gasteiger partial charge in [0, 0.05) is 26.7 Å². The molecule has 5 nitrogen and oxygen atoms in total. The van der Waals surface area contributed by atoms with Crippen LogP contribution < -0.4 is 14.9 Å². The van der Waals surface area contributed by atoms with Crippen LogP contribution in [0.1, 0.15) is 28.4 Å². The number of hydrogen-bond donors (Lipinski definition) is 1. The smallest absolute Gasteiger partial charge is 0.271 e. The molecule has 0 aromatic heterocycles. The molecule has 3 rings (SSSR count). The maximum absolute atomic E-state index is 12.2. The summed E-state index contributed by atoms with van der Waals surface area (Å²) in [6.45, 7) is 2.75. The summed E-state index contributed by atoms with van der Waals surface area (Å²) >= 11 is 12.1. The van der Waals surface area contributed by atoms with Gasteiger partial charge in [0.25, 0.3) is 5.91 Å². The summed E-state index contributed by atoms with van der Waals surface area (Å²) in [5, 5.41) is 5.15. The van der Waals surface area contributed by atoms with Crippen LogP contribution >= 0.6 is 23.2 Å². The van der Waals surface area contributed by atoms with Crippen molar-refractivity contribution >= 4 is 35.3 Å². The van der Waals surface area contributed by atoms with Gasteiger partial charge in [-0.05, 0) is 55.5 Å². The van der Waals surface area contributed by atoms with Crippen LogP contribution in [-0.2, 0) is 6.61 Å². The number of carbonyl (C=O) groups excluding carboxylic acids is 1. The molecule has 0 aliphatic heterocycles. The van der Waals surface area contributed by atoms with Crippen molar-refractivity contribution in [3.63, 3.8) is 0 Å². The van der Waals surface area contributed by atoms with Crippen LogP contribution in [0.3, 0.4) is 0 Å². The lowest BCUT2D eigenvalue weighted by atomic mass is 10.2. The number of para-hydroxylation sites is 1.